The average Bonchev–Trinajstić information content (AvgIpc) is 2.87. The number of nitrogens with zero attached hydrogens (tertiary/aromatic N) is 1. The van der Waals surface area contributed by atoms with Crippen molar-refractivity contribution in [3.05, 3.63) is 34.9 Å². The SMILES string of the molecule is CC1(C)C(NC2=NCC(c3ccc(Cl)cc3)N2)CS1(=O)=O. The maximum Gasteiger partial charge on any atom is 0.192 e. The van der Waals surface area contributed by atoms with Crippen molar-refractivity contribution in [1.29, 1.82) is 0 Å². The molecule has 3 rings (SSSR count). The minimum absolute atomic E-state index is 0.0993. The van der Waals surface area contributed by atoms with Crippen molar-refractivity contribution in [2.45, 2.75) is 30.7 Å². The molecule has 2 aliphatic rings. The van der Waals surface area contributed by atoms with Crippen LogP contribution in [0, 0.1) is 0 Å². The van der Waals surface area contributed by atoms with E-state index in [1.165, 1.54) is 0 Å². The maximum absolute atomic E-state index is 11.7. The Morgan fingerprint density at radius 1 is 1.33 bits per heavy atom. The van der Waals surface area contributed by atoms with Crippen LogP contribution in [0.15, 0.2) is 29.3 Å². The van der Waals surface area contributed by atoms with Crippen molar-refractivity contribution in [3.8, 4) is 0 Å². The summed E-state index contributed by atoms with van der Waals surface area (Å²) in [6.07, 6.45) is 0. The molecule has 0 radical (unpaired) electrons. The highest BCUT2D eigenvalue weighted by Crippen LogP contribution is 2.33. The first-order valence-electron chi connectivity index (χ1n) is 6.85. The molecule has 2 atom stereocenters. The first-order chi connectivity index (χ1) is 9.79. The second kappa shape index (κ2) is 4.88. The van der Waals surface area contributed by atoms with Crippen LogP contribution >= 0.6 is 11.6 Å². The van der Waals surface area contributed by atoms with Crippen LogP contribution in [0.25, 0.3) is 0 Å². The molecule has 0 spiro atoms. The van der Waals surface area contributed by atoms with Crippen LogP contribution in [-0.2, 0) is 9.84 Å². The topological polar surface area (TPSA) is 70.6 Å². The lowest BCUT2D eigenvalue weighted by Gasteiger charge is -2.44. The van der Waals surface area contributed by atoms with Gasteiger partial charge in [-0.25, -0.2) is 8.42 Å². The summed E-state index contributed by atoms with van der Waals surface area (Å²) >= 11 is 5.88. The Hall–Kier alpha value is -1.27. The van der Waals surface area contributed by atoms with E-state index in [1.807, 2.05) is 24.3 Å². The standard InChI is InChI=1S/C14H18ClN3O2S/c1-14(2)12(8-21(14,19)20)18-13-16-7-11(17-13)9-3-5-10(15)6-4-9/h3-6,11-12H,7-8H2,1-2H3,(H2,16,17,18). The third kappa shape index (κ3) is 2.51. The van der Waals surface area contributed by atoms with E-state index >= 15 is 0 Å². The third-order valence-electron chi connectivity index (χ3n) is 4.35. The zero-order chi connectivity index (χ0) is 15.3. The lowest BCUT2D eigenvalue weighted by molar-refractivity contribution is 0.422. The number of hydrogen-bond acceptors (Lipinski definition) is 5. The van der Waals surface area contributed by atoms with E-state index in [1.54, 1.807) is 13.8 Å². The molecule has 0 bridgehead atoms. The Balaban J connectivity index is 1.62. The predicted molar refractivity (Wildman–Crippen MR) is 84.4 cm³/mol. The predicted octanol–water partition coefficient (Wildman–Crippen LogP) is 1.51. The van der Waals surface area contributed by atoms with Crippen LogP contribution in [0.5, 0.6) is 0 Å². The summed E-state index contributed by atoms with van der Waals surface area (Å²) in [6.45, 7) is 4.12. The van der Waals surface area contributed by atoms with E-state index in [0.29, 0.717) is 17.5 Å². The number of rotatable bonds is 2. The van der Waals surface area contributed by atoms with Gasteiger partial charge in [-0.2, -0.15) is 0 Å². The molecule has 114 valence electrons. The van der Waals surface area contributed by atoms with Gasteiger partial charge in [-0.05, 0) is 31.5 Å². The molecule has 0 aliphatic carbocycles. The van der Waals surface area contributed by atoms with Gasteiger partial charge in [-0.3, -0.25) is 4.99 Å². The average molecular weight is 328 g/mol. The summed E-state index contributed by atoms with van der Waals surface area (Å²) in [4.78, 5) is 4.42. The molecule has 1 fully saturated rings. The van der Waals surface area contributed by atoms with Crippen LogP contribution in [0.3, 0.4) is 0 Å². The summed E-state index contributed by atoms with van der Waals surface area (Å²) in [7, 11) is -2.98. The highest BCUT2D eigenvalue weighted by atomic mass is 35.5. The minimum atomic E-state index is -2.98. The Morgan fingerprint density at radius 2 is 2.00 bits per heavy atom. The number of halogens is 1. The molecule has 7 heteroatoms. The Labute approximate surface area is 129 Å². The molecule has 21 heavy (non-hydrogen) atoms. The molecule has 2 unspecified atom stereocenters. The first-order valence-corrected chi connectivity index (χ1v) is 8.88. The number of benzene rings is 1. The van der Waals surface area contributed by atoms with Crippen LogP contribution in [0.4, 0.5) is 0 Å². The number of nitrogens with one attached hydrogen (secondary N) is 2. The van der Waals surface area contributed by atoms with Gasteiger partial charge in [0.1, 0.15) is 0 Å². The summed E-state index contributed by atoms with van der Waals surface area (Å²) in [6, 6.07) is 7.64. The molecule has 5 nitrogen and oxygen atoms in total. The Bertz CT molecular complexity index is 683. The van der Waals surface area contributed by atoms with Gasteiger partial charge in [0, 0.05) is 5.02 Å². The van der Waals surface area contributed by atoms with Gasteiger partial charge in [0.2, 0.25) is 0 Å². The van der Waals surface area contributed by atoms with E-state index in [0.717, 1.165) is 5.56 Å². The molecular formula is C14H18ClN3O2S. The summed E-state index contributed by atoms with van der Waals surface area (Å²) < 4.78 is 22.7. The van der Waals surface area contributed by atoms with Crippen molar-refractivity contribution < 1.29 is 8.42 Å². The number of sulfone groups is 1. The van der Waals surface area contributed by atoms with E-state index in [4.69, 9.17) is 11.6 Å². The molecular weight excluding hydrogens is 310 g/mol. The van der Waals surface area contributed by atoms with Crippen molar-refractivity contribution in [2.75, 3.05) is 12.3 Å². The zero-order valence-electron chi connectivity index (χ0n) is 11.9. The van der Waals surface area contributed by atoms with Crippen molar-refractivity contribution in [1.82, 2.24) is 10.6 Å². The summed E-state index contributed by atoms with van der Waals surface area (Å²) in [5, 5.41) is 7.20. The van der Waals surface area contributed by atoms with E-state index in [9.17, 15) is 8.42 Å². The van der Waals surface area contributed by atoms with Crippen molar-refractivity contribution in [2.24, 2.45) is 4.99 Å². The number of guanidine groups is 1. The lowest BCUT2D eigenvalue weighted by atomic mass is 10.0. The fraction of sp³-hybridized carbons (Fsp3) is 0.500. The highest BCUT2D eigenvalue weighted by Gasteiger charge is 2.54. The smallest absolute Gasteiger partial charge is 0.192 e. The molecule has 2 N–H and O–H groups in total. The minimum Gasteiger partial charge on any atom is -0.351 e. The lowest BCUT2D eigenvalue weighted by Crippen LogP contribution is -2.67. The van der Waals surface area contributed by atoms with Gasteiger partial charge in [0.25, 0.3) is 0 Å². The van der Waals surface area contributed by atoms with Gasteiger partial charge in [0.05, 0.1) is 29.1 Å². The quantitative estimate of drug-likeness (QED) is 0.863. The zero-order valence-corrected chi connectivity index (χ0v) is 13.5. The van der Waals surface area contributed by atoms with Gasteiger partial charge in [-0.1, -0.05) is 23.7 Å². The normalized spacial score (nSPS) is 29.2. The monoisotopic (exact) mass is 327 g/mol. The molecule has 1 aromatic carbocycles. The van der Waals surface area contributed by atoms with Crippen LogP contribution < -0.4 is 10.6 Å². The van der Waals surface area contributed by atoms with Crippen molar-refractivity contribution >= 4 is 27.4 Å². The second-order valence-electron chi connectivity index (χ2n) is 6.02. The van der Waals surface area contributed by atoms with Crippen LogP contribution in [-0.4, -0.2) is 37.5 Å². The van der Waals surface area contributed by atoms with E-state index < -0.39 is 14.6 Å². The number of hydrogen-bond donors (Lipinski definition) is 2. The van der Waals surface area contributed by atoms with E-state index in [2.05, 4.69) is 15.6 Å². The maximum atomic E-state index is 11.7. The van der Waals surface area contributed by atoms with Gasteiger partial charge in [0.15, 0.2) is 15.8 Å². The van der Waals surface area contributed by atoms with Crippen LogP contribution in [0.2, 0.25) is 5.02 Å². The second-order valence-corrected chi connectivity index (χ2v) is 9.07. The molecule has 0 amide bonds. The molecule has 0 saturated carbocycles. The Morgan fingerprint density at radius 3 is 2.57 bits per heavy atom. The van der Waals surface area contributed by atoms with Gasteiger partial charge in [-0.15, -0.1) is 0 Å². The summed E-state index contributed by atoms with van der Waals surface area (Å²) in [5.41, 5.74) is 1.11. The molecule has 0 aromatic heterocycles. The van der Waals surface area contributed by atoms with Crippen LogP contribution in [0.1, 0.15) is 25.5 Å². The van der Waals surface area contributed by atoms with Crippen molar-refractivity contribution in [3.63, 3.8) is 0 Å². The fourth-order valence-corrected chi connectivity index (χ4v) is 4.32. The number of aliphatic imine (C=N–C) groups is 1. The summed E-state index contributed by atoms with van der Waals surface area (Å²) in [5.74, 6) is 0.828. The molecule has 1 saturated heterocycles. The Kier molecular flexibility index (Phi) is 3.41. The molecule has 1 aromatic rings. The first kappa shape index (κ1) is 14.7. The largest absolute Gasteiger partial charge is 0.351 e. The highest BCUT2D eigenvalue weighted by molar-refractivity contribution is 7.94. The molecule has 2 aliphatic heterocycles. The van der Waals surface area contributed by atoms with Gasteiger partial charge < -0.3 is 10.6 Å². The third-order valence-corrected chi connectivity index (χ3v) is 7.26. The fourth-order valence-electron chi connectivity index (χ4n) is 2.54. The molecule has 2 heterocycles. The van der Waals surface area contributed by atoms with E-state index in [-0.39, 0.29) is 17.8 Å². The van der Waals surface area contributed by atoms with Gasteiger partial charge >= 0.3 is 0 Å².